The number of methoxy groups -OCH3 is 1. The van der Waals surface area contributed by atoms with Crippen LogP contribution < -0.4 is 9.47 Å². The van der Waals surface area contributed by atoms with E-state index in [4.69, 9.17) is 19.2 Å². The number of amides is 1. The maximum absolute atomic E-state index is 13.2. The van der Waals surface area contributed by atoms with Gasteiger partial charge in [-0.1, -0.05) is 44.4 Å². The smallest absolute Gasteiger partial charge is 0.305 e. The molecule has 2 fully saturated rings. The molecule has 47 heavy (non-hydrogen) atoms. The molecule has 3 aromatic rings. The number of esters is 1. The highest BCUT2D eigenvalue weighted by atomic mass is 16.5. The summed E-state index contributed by atoms with van der Waals surface area (Å²) in [4.78, 5) is 34.3. The van der Waals surface area contributed by atoms with Crippen molar-refractivity contribution in [2.75, 3.05) is 46.4 Å². The molecule has 0 saturated carbocycles. The normalized spacial score (nSPS) is 16.2. The number of ether oxygens (including phenoxy) is 3. The van der Waals surface area contributed by atoms with E-state index >= 15 is 0 Å². The van der Waals surface area contributed by atoms with Crippen molar-refractivity contribution < 1.29 is 23.8 Å². The van der Waals surface area contributed by atoms with Crippen LogP contribution in [0, 0.1) is 0 Å². The molecule has 0 bridgehead atoms. The van der Waals surface area contributed by atoms with Gasteiger partial charge < -0.3 is 24.0 Å². The maximum atomic E-state index is 13.2. The second-order valence-corrected chi connectivity index (χ2v) is 13.1. The number of carbonyl (C=O) groups excluding carboxylic acids is 2. The predicted molar refractivity (Wildman–Crippen MR) is 186 cm³/mol. The number of hydrogen-bond acceptors (Lipinski definition) is 7. The van der Waals surface area contributed by atoms with Crippen molar-refractivity contribution in [3.05, 3.63) is 65.4 Å². The van der Waals surface area contributed by atoms with Gasteiger partial charge in [0.1, 0.15) is 23.1 Å². The molecule has 8 nitrogen and oxygen atoms in total. The van der Waals surface area contributed by atoms with Gasteiger partial charge in [0.2, 0.25) is 5.91 Å². The standard InChI is InChI=1S/C39H53N3O5/c1-3-4-10-31-27-32-13-14-33(15-18-38(44)45-2)40-39(32)36(28-31)47-35-19-24-42(25-20-35)37(43)29-30-11-16-34(17-12-30)46-26-9-23-41-21-7-5-6-8-22-41/h11-14,16-17,27-28,35H,3-10,15,18-26,29H2,1-2H3. The second kappa shape index (κ2) is 18.0. The molecular formula is C39H53N3O5. The first-order valence-corrected chi connectivity index (χ1v) is 17.9. The molecule has 2 saturated heterocycles. The number of aromatic nitrogens is 1. The minimum Gasteiger partial charge on any atom is -0.494 e. The number of nitrogens with zero attached hydrogens (tertiary/aromatic N) is 3. The molecule has 2 aliphatic heterocycles. The summed E-state index contributed by atoms with van der Waals surface area (Å²) >= 11 is 0. The molecule has 254 valence electrons. The number of hydrogen-bond donors (Lipinski definition) is 0. The van der Waals surface area contributed by atoms with Gasteiger partial charge in [0.15, 0.2) is 0 Å². The van der Waals surface area contributed by atoms with Gasteiger partial charge in [-0.2, -0.15) is 0 Å². The Morgan fingerprint density at radius 3 is 2.36 bits per heavy atom. The Hall–Kier alpha value is -3.65. The lowest BCUT2D eigenvalue weighted by atomic mass is 10.0. The fourth-order valence-electron chi connectivity index (χ4n) is 6.62. The van der Waals surface area contributed by atoms with Crippen LogP contribution in [0.3, 0.4) is 0 Å². The molecule has 0 atom stereocenters. The van der Waals surface area contributed by atoms with Crippen LogP contribution in [0.15, 0.2) is 48.5 Å². The maximum Gasteiger partial charge on any atom is 0.305 e. The first kappa shape index (κ1) is 34.7. The van der Waals surface area contributed by atoms with Crippen molar-refractivity contribution in [1.29, 1.82) is 0 Å². The average Bonchev–Trinajstić information content (AvgIpc) is 3.38. The number of carbonyl (C=O) groups is 2. The van der Waals surface area contributed by atoms with Gasteiger partial charge in [0.05, 0.1) is 26.6 Å². The lowest BCUT2D eigenvalue weighted by molar-refractivity contribution is -0.140. The van der Waals surface area contributed by atoms with Crippen LogP contribution in [0.4, 0.5) is 0 Å². The van der Waals surface area contributed by atoms with Gasteiger partial charge in [0, 0.05) is 50.0 Å². The number of benzene rings is 2. The summed E-state index contributed by atoms with van der Waals surface area (Å²) in [7, 11) is 1.41. The van der Waals surface area contributed by atoms with Gasteiger partial charge in [0.25, 0.3) is 0 Å². The highest BCUT2D eigenvalue weighted by molar-refractivity contribution is 5.85. The average molecular weight is 644 g/mol. The fourth-order valence-corrected chi connectivity index (χ4v) is 6.62. The number of unbranched alkanes of at least 4 members (excludes halogenated alkanes) is 1. The minimum atomic E-state index is -0.241. The van der Waals surface area contributed by atoms with E-state index in [-0.39, 0.29) is 18.0 Å². The molecule has 1 aromatic heterocycles. The van der Waals surface area contributed by atoms with Crippen molar-refractivity contribution in [3.8, 4) is 11.5 Å². The summed E-state index contributed by atoms with van der Waals surface area (Å²) in [6.07, 6.45) is 12.4. The molecule has 8 heteroatoms. The van der Waals surface area contributed by atoms with E-state index in [1.807, 2.05) is 35.2 Å². The molecule has 1 amide bonds. The summed E-state index contributed by atoms with van der Waals surface area (Å²) in [5, 5.41) is 1.05. The van der Waals surface area contributed by atoms with Crippen LogP contribution in [0.25, 0.3) is 10.9 Å². The Kier molecular flexibility index (Phi) is 13.3. The summed E-state index contributed by atoms with van der Waals surface area (Å²) in [6, 6.07) is 16.4. The number of likely N-dealkylation sites (tertiary alicyclic amines) is 2. The van der Waals surface area contributed by atoms with Crippen molar-refractivity contribution in [3.63, 3.8) is 0 Å². The van der Waals surface area contributed by atoms with Crippen molar-refractivity contribution in [2.45, 2.75) is 96.5 Å². The molecule has 0 spiro atoms. The summed E-state index contributed by atoms with van der Waals surface area (Å²) in [5.74, 6) is 1.57. The number of piperidine rings is 1. The highest BCUT2D eigenvalue weighted by Crippen LogP contribution is 2.30. The minimum absolute atomic E-state index is 0.0139. The van der Waals surface area contributed by atoms with E-state index in [0.717, 1.165) is 85.3 Å². The lowest BCUT2D eigenvalue weighted by Gasteiger charge is -2.32. The fraction of sp³-hybridized carbons (Fsp3) is 0.564. The molecule has 0 unspecified atom stereocenters. The molecule has 2 aliphatic rings. The molecule has 0 aliphatic carbocycles. The Morgan fingerprint density at radius 1 is 0.872 bits per heavy atom. The third-order valence-electron chi connectivity index (χ3n) is 9.46. The molecule has 0 N–H and O–H groups in total. The van der Waals surface area contributed by atoms with Crippen LogP contribution in [-0.2, 0) is 33.6 Å². The van der Waals surface area contributed by atoms with Crippen molar-refractivity contribution in [2.24, 2.45) is 0 Å². The van der Waals surface area contributed by atoms with E-state index in [9.17, 15) is 9.59 Å². The van der Waals surface area contributed by atoms with Crippen LogP contribution in [0.5, 0.6) is 11.5 Å². The van der Waals surface area contributed by atoms with Crippen LogP contribution in [-0.4, -0.2) is 79.2 Å². The number of aryl methyl sites for hydroxylation is 2. The number of fused-ring (bicyclic) bond motifs is 1. The van der Waals surface area contributed by atoms with Gasteiger partial charge in [-0.05, 0) is 86.7 Å². The number of pyridine rings is 1. The first-order valence-electron chi connectivity index (χ1n) is 17.9. The lowest BCUT2D eigenvalue weighted by Crippen LogP contribution is -2.42. The summed E-state index contributed by atoms with van der Waals surface area (Å²) in [5.41, 5.74) is 3.93. The largest absolute Gasteiger partial charge is 0.494 e. The second-order valence-electron chi connectivity index (χ2n) is 13.1. The predicted octanol–water partition coefficient (Wildman–Crippen LogP) is 6.94. The highest BCUT2D eigenvalue weighted by Gasteiger charge is 2.25. The van der Waals surface area contributed by atoms with Gasteiger partial charge in [-0.15, -0.1) is 0 Å². The number of rotatable bonds is 15. The topological polar surface area (TPSA) is 81.2 Å². The van der Waals surface area contributed by atoms with Crippen LogP contribution >= 0.6 is 0 Å². The quantitative estimate of drug-likeness (QED) is 0.131. The first-order chi connectivity index (χ1) is 23.0. The van der Waals surface area contributed by atoms with Gasteiger partial charge >= 0.3 is 5.97 Å². The van der Waals surface area contributed by atoms with Crippen LogP contribution in [0.1, 0.15) is 88.0 Å². The third-order valence-corrected chi connectivity index (χ3v) is 9.46. The monoisotopic (exact) mass is 643 g/mol. The Bertz CT molecular complexity index is 1430. The van der Waals surface area contributed by atoms with E-state index in [1.54, 1.807) is 0 Å². The molecule has 0 radical (unpaired) electrons. The zero-order valence-corrected chi connectivity index (χ0v) is 28.5. The Morgan fingerprint density at radius 2 is 1.64 bits per heavy atom. The van der Waals surface area contributed by atoms with Crippen molar-refractivity contribution in [1.82, 2.24) is 14.8 Å². The van der Waals surface area contributed by atoms with E-state index in [1.165, 1.54) is 51.4 Å². The van der Waals surface area contributed by atoms with E-state index in [0.29, 0.717) is 32.4 Å². The molecule has 3 heterocycles. The van der Waals surface area contributed by atoms with E-state index in [2.05, 4.69) is 30.0 Å². The summed E-state index contributed by atoms with van der Waals surface area (Å²) < 4.78 is 17.4. The van der Waals surface area contributed by atoms with Crippen molar-refractivity contribution >= 4 is 22.8 Å². The van der Waals surface area contributed by atoms with Gasteiger partial charge in [-0.3, -0.25) is 9.59 Å². The van der Waals surface area contributed by atoms with E-state index < -0.39 is 0 Å². The molecular weight excluding hydrogens is 590 g/mol. The Balaban J connectivity index is 1.10. The van der Waals surface area contributed by atoms with Gasteiger partial charge in [-0.25, -0.2) is 4.98 Å². The zero-order valence-electron chi connectivity index (χ0n) is 28.5. The molecule has 2 aromatic carbocycles. The SMILES string of the molecule is CCCCc1cc(OC2CCN(C(=O)Cc3ccc(OCCCN4CCCCCC4)cc3)CC2)c2nc(CCC(=O)OC)ccc2c1. The summed E-state index contributed by atoms with van der Waals surface area (Å²) in [6.45, 7) is 7.81. The van der Waals surface area contributed by atoms with Crippen LogP contribution in [0.2, 0.25) is 0 Å². The Labute approximate surface area is 280 Å². The third kappa shape index (κ3) is 10.7. The zero-order chi connectivity index (χ0) is 32.8. The molecule has 5 rings (SSSR count).